The fraction of sp³-hybridized carbons (Fsp3) is 0.278. The average molecular weight is 422 g/mol. The largest absolute Gasteiger partial charge is 0.435 e. The van der Waals surface area contributed by atoms with Crippen molar-refractivity contribution in [3.8, 4) is 0 Å². The molecule has 29 heavy (non-hydrogen) atoms. The minimum atomic E-state index is -6.24. The van der Waals surface area contributed by atoms with Crippen LogP contribution in [0.4, 0.5) is 42.1 Å². The maximum absolute atomic E-state index is 14.3. The molecule has 0 saturated heterocycles. The summed E-state index contributed by atoms with van der Waals surface area (Å²) in [5.41, 5.74) is -7.80. The van der Waals surface area contributed by atoms with Gasteiger partial charge >= 0.3 is 18.0 Å². The molecule has 0 heterocycles. The summed E-state index contributed by atoms with van der Waals surface area (Å²) in [5, 5.41) is 4.99. The molecule has 0 aromatic heterocycles. The van der Waals surface area contributed by atoms with Gasteiger partial charge in [-0.05, 0) is 48.4 Å². The summed E-state index contributed by atoms with van der Waals surface area (Å²) in [6.07, 6.45) is -12.5. The molecule has 0 spiro atoms. The van der Waals surface area contributed by atoms with E-state index in [1.807, 2.05) is 0 Å². The first-order chi connectivity index (χ1) is 13.2. The predicted octanol–water partition coefficient (Wildman–Crippen LogP) is 6.24. The van der Waals surface area contributed by atoms with Gasteiger partial charge in [0.25, 0.3) is 5.91 Å². The van der Waals surface area contributed by atoms with Gasteiger partial charge in [-0.15, -0.1) is 4.91 Å². The molecule has 0 bridgehead atoms. The minimum absolute atomic E-state index is 0.0182. The number of hydrogen-bond acceptors (Lipinski definition) is 3. The van der Waals surface area contributed by atoms with Crippen LogP contribution in [0.1, 0.15) is 27.0 Å². The predicted molar refractivity (Wildman–Crippen MR) is 90.7 cm³/mol. The summed E-state index contributed by atoms with van der Waals surface area (Å²) >= 11 is 0. The van der Waals surface area contributed by atoms with E-state index in [4.69, 9.17) is 0 Å². The van der Waals surface area contributed by atoms with E-state index >= 15 is 0 Å². The number of anilines is 1. The number of nitrogens with zero attached hydrogens (tertiary/aromatic N) is 1. The van der Waals surface area contributed by atoms with Crippen LogP contribution < -0.4 is 5.32 Å². The van der Waals surface area contributed by atoms with E-state index in [2.05, 4.69) is 10.5 Å². The molecule has 0 fully saturated rings. The molecule has 2 rings (SSSR count). The summed E-state index contributed by atoms with van der Waals surface area (Å²) in [4.78, 5) is 22.8. The number of benzene rings is 2. The third-order valence-corrected chi connectivity index (χ3v) is 4.16. The fourth-order valence-corrected chi connectivity index (χ4v) is 2.74. The molecular formula is C18H13F7N2O2. The van der Waals surface area contributed by atoms with Crippen molar-refractivity contribution in [2.45, 2.75) is 31.9 Å². The SMILES string of the molecule is Cc1cc(C(F)(C(F)(F)F)C(F)(F)F)cc(C)c1NC(=O)c1cccc(N=O)c1. The van der Waals surface area contributed by atoms with Crippen LogP contribution in [0, 0.1) is 18.8 Å². The van der Waals surface area contributed by atoms with Gasteiger partial charge < -0.3 is 5.32 Å². The Morgan fingerprint density at radius 3 is 1.86 bits per heavy atom. The van der Waals surface area contributed by atoms with Crippen molar-refractivity contribution >= 4 is 17.3 Å². The molecule has 0 aliphatic carbocycles. The normalized spacial score (nSPS) is 12.6. The third-order valence-electron chi connectivity index (χ3n) is 4.16. The standard InChI is InChI=1S/C18H13F7N2O2/c1-9-6-12(16(19,17(20,21)22)18(23,24)25)7-10(2)14(9)26-15(28)11-4-3-5-13(8-11)27-29/h3-8H,1-2H3,(H,26,28). The Morgan fingerprint density at radius 2 is 1.41 bits per heavy atom. The molecule has 0 atom stereocenters. The number of nitroso groups, excluding NO2 is 1. The van der Waals surface area contributed by atoms with E-state index in [9.17, 15) is 40.4 Å². The Morgan fingerprint density at radius 1 is 0.897 bits per heavy atom. The number of amides is 1. The number of alkyl halides is 7. The van der Waals surface area contributed by atoms with Crippen molar-refractivity contribution in [3.63, 3.8) is 0 Å². The molecule has 4 nitrogen and oxygen atoms in total. The minimum Gasteiger partial charge on any atom is -0.322 e. The van der Waals surface area contributed by atoms with Crippen molar-refractivity contribution in [2.24, 2.45) is 5.18 Å². The maximum Gasteiger partial charge on any atom is 0.435 e. The highest BCUT2D eigenvalue weighted by Gasteiger charge is 2.73. The van der Waals surface area contributed by atoms with Gasteiger partial charge in [-0.2, -0.15) is 26.3 Å². The Hall–Kier alpha value is -2.98. The monoisotopic (exact) mass is 422 g/mol. The van der Waals surface area contributed by atoms with Gasteiger partial charge in [-0.1, -0.05) is 18.2 Å². The van der Waals surface area contributed by atoms with Crippen LogP contribution in [0.15, 0.2) is 41.6 Å². The zero-order valence-electron chi connectivity index (χ0n) is 14.9. The van der Waals surface area contributed by atoms with E-state index in [1.165, 1.54) is 18.2 Å². The molecule has 1 N–H and O–H groups in total. The third kappa shape index (κ3) is 4.08. The van der Waals surface area contributed by atoms with Gasteiger partial charge in [0.1, 0.15) is 5.69 Å². The second-order valence-electron chi connectivity index (χ2n) is 6.23. The highest BCUT2D eigenvalue weighted by atomic mass is 19.4. The lowest BCUT2D eigenvalue weighted by Gasteiger charge is -2.31. The van der Waals surface area contributed by atoms with Crippen LogP contribution in [-0.2, 0) is 5.67 Å². The number of halogens is 7. The van der Waals surface area contributed by atoms with Crippen molar-refractivity contribution in [2.75, 3.05) is 5.32 Å². The van der Waals surface area contributed by atoms with Crippen molar-refractivity contribution in [1.29, 1.82) is 0 Å². The van der Waals surface area contributed by atoms with Crippen molar-refractivity contribution < 1.29 is 35.5 Å². The Kier molecular flexibility index (Phi) is 5.73. The fourth-order valence-electron chi connectivity index (χ4n) is 2.74. The Bertz CT molecular complexity index is 915. The lowest BCUT2D eigenvalue weighted by atomic mass is 9.90. The second-order valence-corrected chi connectivity index (χ2v) is 6.23. The number of nitrogens with one attached hydrogen (secondary N) is 1. The first kappa shape index (κ1) is 22.3. The number of carbonyl (C=O) groups is 1. The van der Waals surface area contributed by atoms with Crippen LogP contribution in [0.5, 0.6) is 0 Å². The van der Waals surface area contributed by atoms with Gasteiger partial charge in [0.2, 0.25) is 0 Å². The van der Waals surface area contributed by atoms with E-state index in [-0.39, 0.29) is 28.1 Å². The van der Waals surface area contributed by atoms with Gasteiger partial charge in [0.15, 0.2) is 0 Å². The van der Waals surface area contributed by atoms with Crippen molar-refractivity contribution in [3.05, 3.63) is 63.6 Å². The maximum atomic E-state index is 14.3. The van der Waals surface area contributed by atoms with Gasteiger partial charge in [-0.3, -0.25) is 4.79 Å². The number of rotatable bonds is 4. The first-order valence-corrected chi connectivity index (χ1v) is 7.91. The molecule has 11 heteroatoms. The van der Waals surface area contributed by atoms with E-state index in [0.717, 1.165) is 19.9 Å². The zero-order chi connectivity index (χ0) is 22.2. The first-order valence-electron chi connectivity index (χ1n) is 7.91. The summed E-state index contributed by atoms with van der Waals surface area (Å²) in [6.45, 7) is 2.26. The quantitative estimate of drug-likeness (QED) is 0.468. The highest BCUT2D eigenvalue weighted by Crippen LogP contribution is 2.53. The Balaban J connectivity index is 2.48. The summed E-state index contributed by atoms with van der Waals surface area (Å²) in [5.74, 6) is -0.785. The second kappa shape index (κ2) is 7.45. The number of aryl methyl sites for hydroxylation is 2. The topological polar surface area (TPSA) is 58.5 Å². The van der Waals surface area contributed by atoms with Crippen LogP contribution in [0.25, 0.3) is 0 Å². The average Bonchev–Trinajstić information content (AvgIpc) is 2.61. The smallest absolute Gasteiger partial charge is 0.322 e. The molecule has 1 amide bonds. The molecule has 0 aliphatic heterocycles. The number of carbonyl (C=O) groups excluding carboxylic acids is 1. The lowest BCUT2D eigenvalue weighted by Crippen LogP contribution is -2.50. The van der Waals surface area contributed by atoms with Crippen LogP contribution in [0.2, 0.25) is 0 Å². The lowest BCUT2D eigenvalue weighted by molar-refractivity contribution is -0.348. The van der Waals surface area contributed by atoms with E-state index < -0.39 is 29.5 Å². The van der Waals surface area contributed by atoms with Crippen LogP contribution in [-0.4, -0.2) is 18.3 Å². The van der Waals surface area contributed by atoms with E-state index in [0.29, 0.717) is 12.1 Å². The summed E-state index contributed by atoms with van der Waals surface area (Å²) in [6, 6.07) is 5.91. The van der Waals surface area contributed by atoms with E-state index in [1.54, 1.807) is 0 Å². The summed E-state index contributed by atoms with van der Waals surface area (Å²) < 4.78 is 92.0. The molecule has 0 aliphatic rings. The highest BCUT2D eigenvalue weighted by molar-refractivity contribution is 6.05. The van der Waals surface area contributed by atoms with Crippen LogP contribution >= 0.6 is 0 Å². The Labute approximate surface area is 159 Å². The van der Waals surface area contributed by atoms with Crippen molar-refractivity contribution in [1.82, 2.24) is 0 Å². The van der Waals surface area contributed by atoms with Gasteiger partial charge in [-0.25, -0.2) is 4.39 Å². The molecule has 0 unspecified atom stereocenters. The molecule has 0 radical (unpaired) electrons. The number of hydrogen-bond donors (Lipinski definition) is 1. The molecule has 156 valence electrons. The molecular weight excluding hydrogens is 409 g/mol. The zero-order valence-corrected chi connectivity index (χ0v) is 14.9. The van der Waals surface area contributed by atoms with Gasteiger partial charge in [0.05, 0.1) is 0 Å². The molecule has 2 aromatic rings. The molecule has 2 aromatic carbocycles. The molecule has 0 saturated carbocycles. The van der Waals surface area contributed by atoms with Crippen LogP contribution in [0.3, 0.4) is 0 Å². The van der Waals surface area contributed by atoms with Gasteiger partial charge in [0, 0.05) is 16.8 Å². The summed E-state index contributed by atoms with van der Waals surface area (Å²) in [7, 11) is 0.